The molecule has 0 spiro atoms. The molecule has 4 heteroatoms. The molecule has 0 saturated heterocycles. The molecule has 0 fully saturated rings. The maximum absolute atomic E-state index is 6.22. The Labute approximate surface area is 142 Å². The number of furan rings is 1. The predicted octanol–water partition coefficient (Wildman–Crippen LogP) is 5.85. The van der Waals surface area contributed by atoms with Crippen molar-refractivity contribution in [3.63, 3.8) is 0 Å². The van der Waals surface area contributed by atoms with E-state index in [-0.39, 0.29) is 5.28 Å². The summed E-state index contributed by atoms with van der Waals surface area (Å²) in [5, 5.41) is 3.44. The van der Waals surface area contributed by atoms with Crippen molar-refractivity contribution in [3.8, 4) is 11.3 Å². The lowest BCUT2D eigenvalue weighted by Gasteiger charge is -2.02. The fraction of sp³-hybridized carbons (Fsp3) is 0. The normalized spacial score (nSPS) is 11.5. The van der Waals surface area contributed by atoms with Gasteiger partial charge in [0.15, 0.2) is 5.58 Å². The van der Waals surface area contributed by atoms with E-state index in [9.17, 15) is 0 Å². The Morgan fingerprint density at radius 1 is 0.792 bits per heavy atom. The minimum Gasteiger partial charge on any atom is -0.452 e. The third-order valence-corrected chi connectivity index (χ3v) is 4.39. The molecule has 0 atom stereocenters. The van der Waals surface area contributed by atoms with E-state index in [4.69, 9.17) is 16.0 Å². The SMILES string of the molecule is Clc1nc(-c2ccccc2)c2oc3ccc4ccccc4c3c2n1. The second kappa shape index (κ2) is 5.05. The van der Waals surface area contributed by atoms with Crippen molar-refractivity contribution < 1.29 is 4.42 Å². The van der Waals surface area contributed by atoms with Crippen LogP contribution < -0.4 is 0 Å². The van der Waals surface area contributed by atoms with Crippen LogP contribution in [0.25, 0.3) is 44.1 Å². The Morgan fingerprint density at radius 3 is 2.46 bits per heavy atom. The van der Waals surface area contributed by atoms with Crippen molar-refractivity contribution in [1.82, 2.24) is 9.97 Å². The third-order valence-electron chi connectivity index (χ3n) is 4.23. The maximum atomic E-state index is 6.22. The van der Waals surface area contributed by atoms with Crippen molar-refractivity contribution in [2.45, 2.75) is 0 Å². The molecule has 114 valence electrons. The zero-order valence-corrected chi connectivity index (χ0v) is 13.3. The zero-order chi connectivity index (χ0) is 16.1. The number of fused-ring (bicyclic) bond motifs is 5. The van der Waals surface area contributed by atoms with Crippen LogP contribution in [0.2, 0.25) is 5.28 Å². The Hall–Kier alpha value is -2.91. The van der Waals surface area contributed by atoms with Gasteiger partial charge in [-0.15, -0.1) is 0 Å². The Bertz CT molecular complexity index is 1210. The van der Waals surface area contributed by atoms with Crippen molar-refractivity contribution >= 4 is 44.4 Å². The average molecular weight is 331 g/mol. The zero-order valence-electron chi connectivity index (χ0n) is 12.5. The van der Waals surface area contributed by atoms with Gasteiger partial charge < -0.3 is 4.42 Å². The van der Waals surface area contributed by atoms with Crippen LogP contribution in [-0.4, -0.2) is 9.97 Å². The fourth-order valence-electron chi connectivity index (χ4n) is 3.17. The van der Waals surface area contributed by atoms with Crippen LogP contribution >= 0.6 is 11.6 Å². The molecule has 24 heavy (non-hydrogen) atoms. The molecule has 0 aliphatic rings. The standard InChI is InChI=1S/C20H11ClN2O/c21-20-22-17(13-7-2-1-3-8-13)19-18(23-20)16-14-9-5-4-6-12(14)10-11-15(16)24-19/h1-11H. The summed E-state index contributed by atoms with van der Waals surface area (Å²) in [6, 6.07) is 22.1. The lowest BCUT2D eigenvalue weighted by molar-refractivity contribution is 0.667. The predicted molar refractivity (Wildman–Crippen MR) is 97.3 cm³/mol. The molecule has 5 aromatic rings. The first-order valence-electron chi connectivity index (χ1n) is 7.64. The van der Waals surface area contributed by atoms with E-state index in [1.807, 2.05) is 48.5 Å². The molecular weight excluding hydrogens is 320 g/mol. The van der Waals surface area contributed by atoms with E-state index in [1.165, 1.54) is 0 Å². The van der Waals surface area contributed by atoms with E-state index in [0.29, 0.717) is 11.3 Å². The first-order valence-corrected chi connectivity index (χ1v) is 8.02. The first-order chi connectivity index (χ1) is 11.8. The summed E-state index contributed by atoms with van der Waals surface area (Å²) in [6.07, 6.45) is 0. The highest BCUT2D eigenvalue weighted by atomic mass is 35.5. The number of hydrogen-bond acceptors (Lipinski definition) is 3. The summed E-state index contributed by atoms with van der Waals surface area (Å²) in [6.45, 7) is 0. The topological polar surface area (TPSA) is 38.9 Å². The maximum Gasteiger partial charge on any atom is 0.223 e. The summed E-state index contributed by atoms with van der Waals surface area (Å²) < 4.78 is 6.12. The highest BCUT2D eigenvalue weighted by molar-refractivity contribution is 6.29. The van der Waals surface area contributed by atoms with E-state index in [2.05, 4.69) is 28.2 Å². The molecular formula is C20H11ClN2O. The van der Waals surface area contributed by atoms with E-state index < -0.39 is 0 Å². The summed E-state index contributed by atoms with van der Waals surface area (Å²) in [4.78, 5) is 8.87. The summed E-state index contributed by atoms with van der Waals surface area (Å²) in [7, 11) is 0. The number of hydrogen-bond donors (Lipinski definition) is 0. The van der Waals surface area contributed by atoms with Crippen LogP contribution in [0.15, 0.2) is 71.1 Å². The van der Waals surface area contributed by atoms with Crippen LogP contribution in [0.5, 0.6) is 0 Å². The summed E-state index contributed by atoms with van der Waals surface area (Å²) in [5.41, 5.74) is 3.87. The minimum atomic E-state index is 0.219. The number of nitrogens with zero attached hydrogens (tertiary/aromatic N) is 2. The van der Waals surface area contributed by atoms with Crippen LogP contribution in [0.4, 0.5) is 0 Å². The highest BCUT2D eigenvalue weighted by Gasteiger charge is 2.18. The van der Waals surface area contributed by atoms with Crippen molar-refractivity contribution in [1.29, 1.82) is 0 Å². The molecule has 0 aliphatic heterocycles. The molecule has 5 rings (SSSR count). The summed E-state index contributed by atoms with van der Waals surface area (Å²) >= 11 is 6.22. The van der Waals surface area contributed by atoms with Crippen LogP contribution in [0.1, 0.15) is 0 Å². The lowest BCUT2D eigenvalue weighted by Crippen LogP contribution is -1.89. The molecule has 0 radical (unpaired) electrons. The van der Waals surface area contributed by atoms with Crippen molar-refractivity contribution in [2.24, 2.45) is 0 Å². The number of aromatic nitrogens is 2. The Morgan fingerprint density at radius 2 is 1.58 bits per heavy atom. The quantitative estimate of drug-likeness (QED) is 0.362. The van der Waals surface area contributed by atoms with Gasteiger partial charge in [-0.25, -0.2) is 9.97 Å². The van der Waals surface area contributed by atoms with Crippen LogP contribution in [0, 0.1) is 0 Å². The Balaban J connectivity index is 1.99. The average Bonchev–Trinajstić information content (AvgIpc) is 3.00. The second-order valence-corrected chi connectivity index (χ2v) is 5.98. The molecule has 0 aliphatic carbocycles. The van der Waals surface area contributed by atoms with Gasteiger partial charge in [0.05, 0.1) is 5.39 Å². The first kappa shape index (κ1) is 13.5. The van der Waals surface area contributed by atoms with Crippen molar-refractivity contribution in [2.75, 3.05) is 0 Å². The van der Waals surface area contributed by atoms with Gasteiger partial charge in [-0.2, -0.15) is 0 Å². The molecule has 2 heterocycles. The van der Waals surface area contributed by atoms with Gasteiger partial charge in [-0.3, -0.25) is 0 Å². The van der Waals surface area contributed by atoms with Crippen LogP contribution in [0.3, 0.4) is 0 Å². The van der Waals surface area contributed by atoms with Gasteiger partial charge in [0, 0.05) is 5.56 Å². The molecule has 0 unspecified atom stereocenters. The molecule has 0 N–H and O–H groups in total. The fourth-order valence-corrected chi connectivity index (χ4v) is 3.34. The van der Waals surface area contributed by atoms with Gasteiger partial charge in [0.25, 0.3) is 0 Å². The molecule has 3 nitrogen and oxygen atoms in total. The molecule has 0 saturated carbocycles. The smallest absolute Gasteiger partial charge is 0.223 e. The van der Waals surface area contributed by atoms with E-state index >= 15 is 0 Å². The number of benzene rings is 3. The second-order valence-electron chi connectivity index (χ2n) is 5.65. The van der Waals surface area contributed by atoms with Crippen LogP contribution in [-0.2, 0) is 0 Å². The monoisotopic (exact) mass is 330 g/mol. The van der Waals surface area contributed by atoms with Gasteiger partial charge >= 0.3 is 0 Å². The molecule has 0 amide bonds. The van der Waals surface area contributed by atoms with Crippen molar-refractivity contribution in [3.05, 3.63) is 72.0 Å². The number of halogens is 1. The van der Waals surface area contributed by atoms with Gasteiger partial charge in [0.2, 0.25) is 5.28 Å². The molecule has 0 bridgehead atoms. The molecule has 3 aromatic carbocycles. The largest absolute Gasteiger partial charge is 0.452 e. The minimum absolute atomic E-state index is 0.219. The van der Waals surface area contributed by atoms with Gasteiger partial charge in [-0.05, 0) is 28.4 Å². The third kappa shape index (κ3) is 1.92. The van der Waals surface area contributed by atoms with E-state index in [1.54, 1.807) is 0 Å². The highest BCUT2D eigenvalue weighted by Crippen LogP contribution is 2.37. The van der Waals surface area contributed by atoms with Gasteiger partial charge in [0.1, 0.15) is 16.8 Å². The summed E-state index contributed by atoms with van der Waals surface area (Å²) in [5.74, 6) is 0. The Kier molecular flexibility index (Phi) is 2.84. The molecule has 2 aromatic heterocycles. The van der Waals surface area contributed by atoms with E-state index in [0.717, 1.165) is 32.8 Å². The number of rotatable bonds is 1. The lowest BCUT2D eigenvalue weighted by atomic mass is 10.1. The van der Waals surface area contributed by atoms with Gasteiger partial charge in [-0.1, -0.05) is 60.7 Å².